The van der Waals surface area contributed by atoms with Crippen LogP contribution in [0, 0.1) is 0 Å². The van der Waals surface area contributed by atoms with Crippen molar-refractivity contribution >= 4 is 27.6 Å². The first kappa shape index (κ1) is 15.1. The predicted molar refractivity (Wildman–Crippen MR) is 68.2 cm³/mol. The van der Waals surface area contributed by atoms with Gasteiger partial charge in [0.15, 0.2) is 0 Å². The van der Waals surface area contributed by atoms with Crippen molar-refractivity contribution in [1.29, 1.82) is 0 Å². The summed E-state index contributed by atoms with van der Waals surface area (Å²) in [6.45, 7) is 1.01. The molecule has 1 aromatic carbocycles. The van der Waals surface area contributed by atoms with Crippen molar-refractivity contribution < 1.29 is 23.1 Å². The molecule has 19 heavy (non-hydrogen) atoms. The number of carboxylic acids is 1. The van der Waals surface area contributed by atoms with Crippen LogP contribution in [0.25, 0.3) is 0 Å². The fourth-order valence-corrected chi connectivity index (χ4v) is 2.18. The zero-order valence-electron chi connectivity index (χ0n) is 10.2. The van der Waals surface area contributed by atoms with E-state index >= 15 is 0 Å². The number of benzene rings is 1. The molecule has 0 fully saturated rings. The lowest BCUT2D eigenvalue weighted by molar-refractivity contribution is -0.135. The topological polar surface area (TPSA) is 113 Å². The molecule has 7 nitrogen and oxygen atoms in total. The van der Waals surface area contributed by atoms with Crippen LogP contribution in [-0.4, -0.2) is 31.9 Å². The normalized spacial score (nSPS) is 11.0. The minimum absolute atomic E-state index is 0.0664. The molecule has 3 N–H and O–H groups in total. The number of hydrogen-bond acceptors (Lipinski definition) is 4. The van der Waals surface area contributed by atoms with Crippen molar-refractivity contribution in [3.8, 4) is 0 Å². The van der Waals surface area contributed by atoms with Gasteiger partial charge in [0.05, 0.1) is 4.90 Å². The number of aliphatic carboxylic acids is 1. The van der Waals surface area contributed by atoms with Gasteiger partial charge in [0.1, 0.15) is 6.54 Å². The molecule has 0 bridgehead atoms. The van der Waals surface area contributed by atoms with E-state index in [2.05, 4.69) is 5.32 Å². The number of sulfonamides is 1. The number of carbonyl (C=O) groups is 2. The minimum Gasteiger partial charge on any atom is -0.480 e. The third kappa shape index (κ3) is 4.68. The van der Waals surface area contributed by atoms with Gasteiger partial charge in [-0.1, -0.05) is 6.92 Å². The molecule has 8 heteroatoms. The van der Waals surface area contributed by atoms with Gasteiger partial charge in [0.2, 0.25) is 15.9 Å². The first-order chi connectivity index (χ1) is 8.85. The SMILES string of the molecule is CCC(=O)Nc1ccc(S(=O)(=O)NCC(=O)O)cc1. The summed E-state index contributed by atoms with van der Waals surface area (Å²) in [6.07, 6.45) is 0.320. The Bertz CT molecular complexity index is 565. The van der Waals surface area contributed by atoms with Gasteiger partial charge in [-0.05, 0) is 24.3 Å². The summed E-state index contributed by atoms with van der Waals surface area (Å²) >= 11 is 0. The summed E-state index contributed by atoms with van der Waals surface area (Å²) in [7, 11) is -3.85. The standard InChI is InChI=1S/C11H14N2O5S/c1-2-10(14)13-8-3-5-9(6-4-8)19(17,18)12-7-11(15)16/h3-6,12H,2,7H2,1H3,(H,13,14)(H,15,16). The Kier molecular flexibility index (Phi) is 5.02. The van der Waals surface area contributed by atoms with Crippen LogP contribution in [0.2, 0.25) is 0 Å². The number of rotatable bonds is 6. The molecule has 0 aliphatic carbocycles. The van der Waals surface area contributed by atoms with E-state index in [1.807, 2.05) is 4.72 Å². The third-order valence-corrected chi connectivity index (χ3v) is 3.60. The van der Waals surface area contributed by atoms with Crippen molar-refractivity contribution in [3.05, 3.63) is 24.3 Å². The summed E-state index contributed by atoms with van der Waals surface area (Å²) in [6, 6.07) is 5.44. The van der Waals surface area contributed by atoms with Gasteiger partial charge in [-0.25, -0.2) is 8.42 Å². The number of amides is 1. The molecule has 104 valence electrons. The van der Waals surface area contributed by atoms with E-state index in [0.717, 1.165) is 0 Å². The van der Waals surface area contributed by atoms with Gasteiger partial charge >= 0.3 is 5.97 Å². The highest BCUT2D eigenvalue weighted by Crippen LogP contribution is 2.14. The quantitative estimate of drug-likeness (QED) is 0.700. The average Bonchev–Trinajstić information content (AvgIpc) is 2.37. The summed E-state index contributed by atoms with van der Waals surface area (Å²) in [5.74, 6) is -1.45. The molecular weight excluding hydrogens is 272 g/mol. The Morgan fingerprint density at radius 2 is 1.79 bits per heavy atom. The number of nitrogens with one attached hydrogen (secondary N) is 2. The van der Waals surface area contributed by atoms with Crippen molar-refractivity contribution in [2.75, 3.05) is 11.9 Å². The number of carboxylic acid groups (broad SMARTS) is 1. The van der Waals surface area contributed by atoms with Gasteiger partial charge in [-0.3, -0.25) is 9.59 Å². The molecular formula is C11H14N2O5S. The zero-order chi connectivity index (χ0) is 14.5. The molecule has 1 rings (SSSR count). The third-order valence-electron chi connectivity index (χ3n) is 2.18. The monoisotopic (exact) mass is 286 g/mol. The molecule has 0 aromatic heterocycles. The predicted octanol–water partition coefficient (Wildman–Crippen LogP) is 0.398. The molecule has 0 saturated carbocycles. The van der Waals surface area contributed by atoms with E-state index < -0.39 is 22.5 Å². The summed E-state index contributed by atoms with van der Waals surface area (Å²) in [4.78, 5) is 21.4. The van der Waals surface area contributed by atoms with Crippen LogP contribution in [0.15, 0.2) is 29.2 Å². The fourth-order valence-electron chi connectivity index (χ4n) is 1.21. The first-order valence-electron chi connectivity index (χ1n) is 5.46. The van der Waals surface area contributed by atoms with Crippen LogP contribution >= 0.6 is 0 Å². The van der Waals surface area contributed by atoms with E-state index in [4.69, 9.17) is 5.11 Å². The highest BCUT2D eigenvalue weighted by Gasteiger charge is 2.14. The molecule has 1 aromatic rings. The maximum atomic E-state index is 11.7. The number of anilines is 1. The lowest BCUT2D eigenvalue weighted by Gasteiger charge is -2.06. The molecule has 0 radical (unpaired) electrons. The molecule has 1 amide bonds. The highest BCUT2D eigenvalue weighted by molar-refractivity contribution is 7.89. The Hall–Kier alpha value is -1.93. The van der Waals surface area contributed by atoms with E-state index in [1.54, 1.807) is 6.92 Å². The van der Waals surface area contributed by atoms with E-state index in [-0.39, 0.29) is 10.8 Å². The zero-order valence-corrected chi connectivity index (χ0v) is 11.0. The lowest BCUT2D eigenvalue weighted by atomic mass is 10.3. The molecule has 0 spiro atoms. The van der Waals surface area contributed by atoms with Gasteiger partial charge in [-0.15, -0.1) is 0 Å². The van der Waals surface area contributed by atoms with Gasteiger partial charge in [0.25, 0.3) is 0 Å². The van der Waals surface area contributed by atoms with Crippen molar-refractivity contribution in [3.63, 3.8) is 0 Å². The number of carbonyl (C=O) groups excluding carboxylic acids is 1. The molecule has 0 heterocycles. The van der Waals surface area contributed by atoms with Crippen LogP contribution in [0.5, 0.6) is 0 Å². The Morgan fingerprint density at radius 1 is 1.21 bits per heavy atom. The largest absolute Gasteiger partial charge is 0.480 e. The summed E-state index contributed by atoms with van der Waals surface area (Å²) in [5.41, 5.74) is 0.476. The van der Waals surface area contributed by atoms with Crippen molar-refractivity contribution in [1.82, 2.24) is 4.72 Å². The van der Waals surface area contributed by atoms with Crippen LogP contribution in [0.4, 0.5) is 5.69 Å². The van der Waals surface area contributed by atoms with Crippen molar-refractivity contribution in [2.45, 2.75) is 18.2 Å². The van der Waals surface area contributed by atoms with Crippen LogP contribution in [0.3, 0.4) is 0 Å². The first-order valence-corrected chi connectivity index (χ1v) is 6.95. The van der Waals surface area contributed by atoms with E-state index in [9.17, 15) is 18.0 Å². The maximum absolute atomic E-state index is 11.7. The smallest absolute Gasteiger partial charge is 0.318 e. The van der Waals surface area contributed by atoms with E-state index in [0.29, 0.717) is 12.1 Å². The average molecular weight is 286 g/mol. The number of hydrogen-bond donors (Lipinski definition) is 3. The van der Waals surface area contributed by atoms with Crippen molar-refractivity contribution in [2.24, 2.45) is 0 Å². The van der Waals surface area contributed by atoms with Crippen LogP contribution < -0.4 is 10.0 Å². The van der Waals surface area contributed by atoms with Crippen LogP contribution in [-0.2, 0) is 19.6 Å². The Labute approximate surface area is 110 Å². The minimum atomic E-state index is -3.85. The van der Waals surface area contributed by atoms with Crippen LogP contribution in [0.1, 0.15) is 13.3 Å². The molecule has 0 aliphatic heterocycles. The summed E-state index contributed by atoms with van der Waals surface area (Å²) < 4.78 is 25.3. The molecule has 0 aliphatic rings. The highest BCUT2D eigenvalue weighted by atomic mass is 32.2. The Balaban J connectivity index is 2.80. The molecule has 0 saturated heterocycles. The second-order valence-electron chi connectivity index (χ2n) is 3.64. The molecule has 0 atom stereocenters. The molecule has 0 unspecified atom stereocenters. The Morgan fingerprint density at radius 3 is 2.26 bits per heavy atom. The summed E-state index contributed by atoms with van der Waals surface area (Å²) in [5, 5.41) is 11.0. The second-order valence-corrected chi connectivity index (χ2v) is 5.41. The lowest BCUT2D eigenvalue weighted by Crippen LogP contribution is -2.29. The maximum Gasteiger partial charge on any atom is 0.318 e. The van der Waals surface area contributed by atoms with E-state index in [1.165, 1.54) is 24.3 Å². The van der Waals surface area contributed by atoms with Gasteiger partial charge < -0.3 is 10.4 Å². The fraction of sp³-hybridized carbons (Fsp3) is 0.273. The van der Waals surface area contributed by atoms with Gasteiger partial charge in [-0.2, -0.15) is 4.72 Å². The van der Waals surface area contributed by atoms with Gasteiger partial charge in [0, 0.05) is 12.1 Å². The second kappa shape index (κ2) is 6.30.